The van der Waals surface area contributed by atoms with Crippen LogP contribution in [-0.4, -0.2) is 47.0 Å². The summed E-state index contributed by atoms with van der Waals surface area (Å²) < 4.78 is 4.58. The zero-order valence-electron chi connectivity index (χ0n) is 9.30. The van der Waals surface area contributed by atoms with Crippen molar-refractivity contribution in [3.05, 3.63) is 0 Å². The first-order valence-electron chi connectivity index (χ1n) is 5.19. The molecule has 6 heteroatoms. The molecule has 0 saturated carbocycles. The van der Waals surface area contributed by atoms with Crippen LogP contribution < -0.4 is 0 Å². The van der Waals surface area contributed by atoms with E-state index < -0.39 is 29.8 Å². The van der Waals surface area contributed by atoms with Gasteiger partial charge in [-0.2, -0.15) is 0 Å². The molecule has 1 rings (SSSR count). The van der Waals surface area contributed by atoms with Gasteiger partial charge >= 0.3 is 17.8 Å². The highest BCUT2D eigenvalue weighted by Crippen LogP contribution is 2.24. The minimum Gasteiger partial charge on any atom is -0.481 e. The summed E-state index contributed by atoms with van der Waals surface area (Å²) in [7, 11) is 0. The largest absolute Gasteiger partial charge is 0.481 e. The molecule has 16 heavy (non-hydrogen) atoms. The lowest BCUT2D eigenvalue weighted by molar-refractivity contribution is -0.160. The Bertz CT molecular complexity index is 314. The van der Waals surface area contributed by atoms with E-state index in [9.17, 15) is 14.4 Å². The molecule has 6 nitrogen and oxygen atoms in total. The van der Waals surface area contributed by atoms with E-state index in [0.29, 0.717) is 6.42 Å². The molecular weight excluding hydrogens is 214 g/mol. The minimum atomic E-state index is -0.938. The predicted molar refractivity (Wildman–Crippen MR) is 53.6 cm³/mol. The lowest BCUT2D eigenvalue weighted by Crippen LogP contribution is -2.42. The maximum absolute atomic E-state index is 11.6. The van der Waals surface area contributed by atoms with Crippen molar-refractivity contribution in [2.75, 3.05) is 13.2 Å². The van der Waals surface area contributed by atoms with Crippen molar-refractivity contribution >= 4 is 17.8 Å². The van der Waals surface area contributed by atoms with Crippen LogP contribution in [0.25, 0.3) is 0 Å². The van der Waals surface area contributed by atoms with Crippen LogP contribution in [0.15, 0.2) is 0 Å². The van der Waals surface area contributed by atoms with E-state index in [1.807, 2.05) is 0 Å². The van der Waals surface area contributed by atoms with Crippen molar-refractivity contribution in [1.29, 1.82) is 0 Å². The van der Waals surface area contributed by atoms with Gasteiger partial charge in [0.2, 0.25) is 0 Å². The molecule has 0 aromatic heterocycles. The van der Waals surface area contributed by atoms with Gasteiger partial charge in [0.15, 0.2) is 0 Å². The third-order valence-corrected chi connectivity index (χ3v) is 2.78. The molecule has 0 spiro atoms. The number of carbonyl (C=O) groups is 3. The van der Waals surface area contributed by atoms with Crippen LogP contribution in [0, 0.1) is 5.92 Å². The summed E-state index contributed by atoms with van der Waals surface area (Å²) in [5.41, 5.74) is 0. The fourth-order valence-electron chi connectivity index (χ4n) is 1.87. The molecule has 90 valence electrons. The number of ether oxygens (including phenoxy) is 1. The number of carbonyl (C=O) groups excluding carboxylic acids is 2. The number of amides is 1. The van der Waals surface area contributed by atoms with Crippen molar-refractivity contribution < 1.29 is 24.2 Å². The molecule has 0 aromatic carbocycles. The summed E-state index contributed by atoms with van der Waals surface area (Å²) >= 11 is 0. The highest BCUT2D eigenvalue weighted by Gasteiger charge is 2.40. The third-order valence-electron chi connectivity index (χ3n) is 2.78. The predicted octanol–water partition coefficient (Wildman–Crippen LogP) is -0.129. The lowest BCUT2D eigenvalue weighted by atomic mass is 10.0. The summed E-state index contributed by atoms with van der Waals surface area (Å²) in [5, 5.41) is 8.87. The average Bonchev–Trinajstić information content (AvgIpc) is 2.59. The van der Waals surface area contributed by atoms with E-state index in [1.54, 1.807) is 13.8 Å². The maximum atomic E-state index is 11.6. The highest BCUT2D eigenvalue weighted by atomic mass is 16.5. The van der Waals surface area contributed by atoms with E-state index in [0.717, 1.165) is 0 Å². The molecule has 1 amide bonds. The van der Waals surface area contributed by atoms with Gasteiger partial charge in [0.05, 0.1) is 12.5 Å². The first kappa shape index (κ1) is 12.5. The average molecular weight is 229 g/mol. The molecule has 1 heterocycles. The second-order valence-electron chi connectivity index (χ2n) is 3.69. The second kappa shape index (κ2) is 4.96. The van der Waals surface area contributed by atoms with Crippen molar-refractivity contribution in [1.82, 2.24) is 4.90 Å². The Kier molecular flexibility index (Phi) is 3.87. The Hall–Kier alpha value is -1.59. The maximum Gasteiger partial charge on any atom is 0.397 e. The summed E-state index contributed by atoms with van der Waals surface area (Å²) in [6, 6.07) is -0.464. The molecule has 1 fully saturated rings. The van der Waals surface area contributed by atoms with Crippen molar-refractivity contribution in [2.45, 2.75) is 26.3 Å². The van der Waals surface area contributed by atoms with Gasteiger partial charge in [0.25, 0.3) is 0 Å². The molecule has 2 atom stereocenters. The van der Waals surface area contributed by atoms with Gasteiger partial charge < -0.3 is 14.7 Å². The van der Waals surface area contributed by atoms with Crippen LogP contribution in [0.5, 0.6) is 0 Å². The zero-order chi connectivity index (χ0) is 12.3. The first-order valence-corrected chi connectivity index (χ1v) is 5.19. The fourth-order valence-corrected chi connectivity index (χ4v) is 1.87. The highest BCUT2D eigenvalue weighted by molar-refractivity contribution is 6.32. The number of esters is 1. The quantitative estimate of drug-likeness (QED) is 0.526. The molecule has 0 bridgehead atoms. The molecule has 2 unspecified atom stereocenters. The van der Waals surface area contributed by atoms with Gasteiger partial charge in [-0.3, -0.25) is 9.59 Å². The Morgan fingerprint density at radius 3 is 2.50 bits per heavy atom. The normalized spacial score (nSPS) is 24.2. The van der Waals surface area contributed by atoms with Crippen LogP contribution in [0.2, 0.25) is 0 Å². The fraction of sp³-hybridized carbons (Fsp3) is 0.700. The Labute approximate surface area is 93.2 Å². The summed E-state index contributed by atoms with van der Waals surface area (Å²) in [5.74, 6) is -3.21. The number of hydrogen-bond donors (Lipinski definition) is 1. The van der Waals surface area contributed by atoms with Gasteiger partial charge in [-0.1, -0.05) is 0 Å². The van der Waals surface area contributed by atoms with Crippen LogP contribution in [0.3, 0.4) is 0 Å². The SMILES string of the molecule is CCOC(=O)C(=O)N1CCC(C(=O)O)C1C. The van der Waals surface area contributed by atoms with E-state index >= 15 is 0 Å². The molecule has 0 aliphatic carbocycles. The topological polar surface area (TPSA) is 83.9 Å². The van der Waals surface area contributed by atoms with Gasteiger partial charge in [-0.15, -0.1) is 0 Å². The Morgan fingerprint density at radius 2 is 2.06 bits per heavy atom. The Balaban J connectivity index is 2.66. The van der Waals surface area contributed by atoms with Gasteiger partial charge in [0, 0.05) is 12.6 Å². The lowest BCUT2D eigenvalue weighted by Gasteiger charge is -2.21. The number of aliphatic carboxylic acids is 1. The Morgan fingerprint density at radius 1 is 1.44 bits per heavy atom. The molecule has 1 aliphatic heterocycles. The van der Waals surface area contributed by atoms with Crippen molar-refractivity contribution in [2.24, 2.45) is 5.92 Å². The molecule has 0 aromatic rings. The van der Waals surface area contributed by atoms with Crippen LogP contribution in [-0.2, 0) is 19.1 Å². The number of carboxylic acids is 1. The summed E-state index contributed by atoms with van der Waals surface area (Å²) in [6.07, 6.45) is 0.377. The zero-order valence-corrected chi connectivity index (χ0v) is 9.30. The van der Waals surface area contributed by atoms with Crippen molar-refractivity contribution in [3.63, 3.8) is 0 Å². The van der Waals surface area contributed by atoms with E-state index in [-0.39, 0.29) is 13.2 Å². The van der Waals surface area contributed by atoms with E-state index in [4.69, 9.17) is 5.11 Å². The second-order valence-corrected chi connectivity index (χ2v) is 3.69. The van der Waals surface area contributed by atoms with Crippen LogP contribution >= 0.6 is 0 Å². The van der Waals surface area contributed by atoms with Crippen LogP contribution in [0.1, 0.15) is 20.3 Å². The number of carboxylic acid groups (broad SMARTS) is 1. The standard InChI is InChI=1S/C10H15NO5/c1-3-16-10(15)8(12)11-5-4-7(6(11)2)9(13)14/h6-7H,3-5H2,1-2H3,(H,13,14). The van der Waals surface area contributed by atoms with Crippen LogP contribution in [0.4, 0.5) is 0 Å². The molecule has 1 N–H and O–H groups in total. The van der Waals surface area contributed by atoms with Crippen molar-refractivity contribution in [3.8, 4) is 0 Å². The van der Waals surface area contributed by atoms with Gasteiger partial charge in [-0.25, -0.2) is 4.79 Å². The molecule has 1 saturated heterocycles. The van der Waals surface area contributed by atoms with E-state index in [1.165, 1.54) is 4.90 Å². The van der Waals surface area contributed by atoms with Gasteiger partial charge in [-0.05, 0) is 20.3 Å². The summed E-state index contributed by atoms with van der Waals surface area (Å²) in [4.78, 5) is 34.8. The molecule has 0 radical (unpaired) electrons. The third kappa shape index (κ3) is 2.32. The number of likely N-dealkylation sites (tertiary alicyclic amines) is 1. The number of hydrogen-bond acceptors (Lipinski definition) is 4. The summed E-state index contributed by atoms with van der Waals surface area (Å²) in [6.45, 7) is 3.66. The monoisotopic (exact) mass is 229 g/mol. The minimum absolute atomic E-state index is 0.134. The smallest absolute Gasteiger partial charge is 0.397 e. The first-order chi connectivity index (χ1) is 7.49. The van der Waals surface area contributed by atoms with Gasteiger partial charge in [0.1, 0.15) is 0 Å². The number of rotatable bonds is 2. The molecule has 1 aliphatic rings. The molecular formula is C10H15NO5. The number of nitrogens with zero attached hydrogens (tertiary/aromatic N) is 1. The van der Waals surface area contributed by atoms with E-state index in [2.05, 4.69) is 4.74 Å².